The van der Waals surface area contributed by atoms with Crippen LogP contribution in [0.3, 0.4) is 0 Å². The van der Waals surface area contributed by atoms with Gasteiger partial charge in [-0.3, -0.25) is 4.79 Å². The second kappa shape index (κ2) is 11.1. The number of thioether (sulfide) groups is 1. The van der Waals surface area contributed by atoms with Crippen molar-refractivity contribution in [3.8, 4) is 11.5 Å². The lowest BCUT2D eigenvalue weighted by atomic mass is 10.2. The van der Waals surface area contributed by atoms with Crippen molar-refractivity contribution < 1.29 is 14.3 Å². The standard InChI is InChI=1S/C24H29N5O3S/c1-3-29-22(17-32-21-12-8-7-11-20(21)31-2)25-26-24(29)33-18-23(30)28-15-13-27(14-16-28)19-9-5-4-6-10-19/h4-12H,3,13-18H2,1-2H3. The van der Waals surface area contributed by atoms with E-state index in [0.29, 0.717) is 23.8 Å². The van der Waals surface area contributed by atoms with E-state index >= 15 is 0 Å². The molecule has 0 aliphatic carbocycles. The van der Waals surface area contributed by atoms with Crippen molar-refractivity contribution in [2.75, 3.05) is 43.9 Å². The number of para-hydroxylation sites is 3. The van der Waals surface area contributed by atoms with Crippen LogP contribution in [0.4, 0.5) is 5.69 Å². The van der Waals surface area contributed by atoms with Crippen LogP contribution in [0.15, 0.2) is 59.8 Å². The third kappa shape index (κ3) is 5.60. The van der Waals surface area contributed by atoms with E-state index < -0.39 is 0 Å². The van der Waals surface area contributed by atoms with Gasteiger partial charge in [0.05, 0.1) is 12.9 Å². The lowest BCUT2D eigenvalue weighted by Gasteiger charge is -2.36. The zero-order chi connectivity index (χ0) is 23.0. The van der Waals surface area contributed by atoms with E-state index in [1.807, 2.05) is 58.9 Å². The van der Waals surface area contributed by atoms with Gasteiger partial charge in [0.1, 0.15) is 6.61 Å². The zero-order valence-corrected chi connectivity index (χ0v) is 19.8. The number of hydrogen-bond acceptors (Lipinski definition) is 7. The van der Waals surface area contributed by atoms with Crippen molar-refractivity contribution >= 4 is 23.4 Å². The highest BCUT2D eigenvalue weighted by Gasteiger charge is 2.22. The average Bonchev–Trinajstić information content (AvgIpc) is 3.28. The quantitative estimate of drug-likeness (QED) is 0.447. The maximum atomic E-state index is 12.8. The Labute approximate surface area is 198 Å². The summed E-state index contributed by atoms with van der Waals surface area (Å²) < 4.78 is 13.2. The first-order valence-corrected chi connectivity index (χ1v) is 12.1. The van der Waals surface area contributed by atoms with Gasteiger partial charge in [-0.1, -0.05) is 42.1 Å². The molecule has 2 heterocycles. The van der Waals surface area contributed by atoms with Crippen LogP contribution in [0.5, 0.6) is 11.5 Å². The molecule has 33 heavy (non-hydrogen) atoms. The first kappa shape index (κ1) is 23.0. The van der Waals surface area contributed by atoms with E-state index in [2.05, 4.69) is 27.2 Å². The largest absolute Gasteiger partial charge is 0.493 e. The highest BCUT2D eigenvalue weighted by Crippen LogP contribution is 2.27. The van der Waals surface area contributed by atoms with Crippen molar-refractivity contribution in [2.24, 2.45) is 0 Å². The summed E-state index contributed by atoms with van der Waals surface area (Å²) in [4.78, 5) is 17.0. The monoisotopic (exact) mass is 467 g/mol. The summed E-state index contributed by atoms with van der Waals surface area (Å²) in [5.74, 6) is 2.52. The molecule has 0 saturated carbocycles. The van der Waals surface area contributed by atoms with Crippen LogP contribution in [0.2, 0.25) is 0 Å². The number of benzene rings is 2. The number of nitrogens with zero attached hydrogens (tertiary/aromatic N) is 5. The second-order valence-corrected chi connectivity index (χ2v) is 8.52. The Morgan fingerprint density at radius 2 is 1.67 bits per heavy atom. The molecule has 1 aliphatic rings. The molecule has 0 radical (unpaired) electrons. The highest BCUT2D eigenvalue weighted by atomic mass is 32.2. The number of aromatic nitrogens is 3. The number of rotatable bonds is 9. The van der Waals surface area contributed by atoms with Crippen molar-refractivity contribution in [1.82, 2.24) is 19.7 Å². The third-order valence-electron chi connectivity index (χ3n) is 5.61. The van der Waals surface area contributed by atoms with Crippen molar-refractivity contribution in [2.45, 2.75) is 25.2 Å². The number of carbonyl (C=O) groups is 1. The Balaban J connectivity index is 1.29. The normalized spacial score (nSPS) is 13.8. The molecule has 0 atom stereocenters. The summed E-state index contributed by atoms with van der Waals surface area (Å²) in [5, 5.41) is 9.31. The highest BCUT2D eigenvalue weighted by molar-refractivity contribution is 7.99. The zero-order valence-electron chi connectivity index (χ0n) is 19.0. The van der Waals surface area contributed by atoms with E-state index in [1.165, 1.54) is 17.4 Å². The van der Waals surface area contributed by atoms with Gasteiger partial charge in [-0.15, -0.1) is 10.2 Å². The number of anilines is 1. The summed E-state index contributed by atoms with van der Waals surface area (Å²) in [6, 6.07) is 17.8. The number of hydrogen-bond donors (Lipinski definition) is 0. The summed E-state index contributed by atoms with van der Waals surface area (Å²) in [6.45, 7) is 6.15. The Bertz CT molecular complexity index is 1050. The molecular weight excluding hydrogens is 438 g/mol. The first-order chi connectivity index (χ1) is 16.2. The van der Waals surface area contributed by atoms with E-state index in [4.69, 9.17) is 9.47 Å². The smallest absolute Gasteiger partial charge is 0.233 e. The molecule has 8 nitrogen and oxygen atoms in total. The average molecular weight is 468 g/mol. The lowest BCUT2D eigenvalue weighted by molar-refractivity contribution is -0.128. The summed E-state index contributed by atoms with van der Waals surface area (Å²) >= 11 is 1.43. The van der Waals surface area contributed by atoms with Crippen LogP contribution in [-0.2, 0) is 17.9 Å². The van der Waals surface area contributed by atoms with Gasteiger partial charge in [-0.2, -0.15) is 0 Å². The van der Waals surface area contributed by atoms with Crippen LogP contribution in [0, 0.1) is 0 Å². The van der Waals surface area contributed by atoms with Gasteiger partial charge in [0.25, 0.3) is 0 Å². The Hall–Kier alpha value is -3.20. The summed E-state index contributed by atoms with van der Waals surface area (Å²) in [6.07, 6.45) is 0. The molecule has 1 fully saturated rings. The Kier molecular flexibility index (Phi) is 7.72. The summed E-state index contributed by atoms with van der Waals surface area (Å²) in [7, 11) is 1.62. The molecule has 0 bridgehead atoms. The summed E-state index contributed by atoms with van der Waals surface area (Å²) in [5.41, 5.74) is 1.21. The molecule has 1 saturated heterocycles. The van der Waals surface area contributed by atoms with Gasteiger partial charge in [0.15, 0.2) is 22.5 Å². The van der Waals surface area contributed by atoms with Gasteiger partial charge in [0.2, 0.25) is 5.91 Å². The van der Waals surface area contributed by atoms with Crippen LogP contribution in [0.25, 0.3) is 0 Å². The Morgan fingerprint density at radius 3 is 2.36 bits per heavy atom. The molecule has 174 valence electrons. The molecule has 3 aromatic rings. The lowest BCUT2D eigenvalue weighted by Crippen LogP contribution is -2.49. The molecule has 9 heteroatoms. The fourth-order valence-electron chi connectivity index (χ4n) is 3.80. The van der Waals surface area contributed by atoms with E-state index in [0.717, 1.165) is 37.2 Å². The molecule has 0 N–H and O–H groups in total. The molecule has 1 aromatic heterocycles. The number of ether oxygens (including phenoxy) is 2. The minimum Gasteiger partial charge on any atom is -0.493 e. The molecule has 0 spiro atoms. The molecule has 0 unspecified atom stereocenters. The predicted octanol–water partition coefficient (Wildman–Crippen LogP) is 3.33. The number of methoxy groups -OCH3 is 1. The molecule has 4 rings (SSSR count). The fourth-order valence-corrected chi connectivity index (χ4v) is 4.73. The van der Waals surface area contributed by atoms with Crippen LogP contribution in [-0.4, -0.2) is 64.6 Å². The van der Waals surface area contributed by atoms with Crippen molar-refractivity contribution in [3.63, 3.8) is 0 Å². The topological polar surface area (TPSA) is 72.7 Å². The Morgan fingerprint density at radius 1 is 0.970 bits per heavy atom. The second-order valence-electron chi connectivity index (χ2n) is 7.57. The first-order valence-electron chi connectivity index (χ1n) is 11.1. The van der Waals surface area contributed by atoms with Crippen LogP contribution in [0.1, 0.15) is 12.7 Å². The maximum Gasteiger partial charge on any atom is 0.233 e. The predicted molar refractivity (Wildman–Crippen MR) is 129 cm³/mol. The molecule has 2 aromatic carbocycles. The van der Waals surface area contributed by atoms with Crippen molar-refractivity contribution in [1.29, 1.82) is 0 Å². The van der Waals surface area contributed by atoms with Gasteiger partial charge in [-0.05, 0) is 31.2 Å². The number of carbonyl (C=O) groups excluding carboxylic acids is 1. The van der Waals surface area contributed by atoms with Crippen molar-refractivity contribution in [3.05, 3.63) is 60.4 Å². The van der Waals surface area contributed by atoms with Gasteiger partial charge in [-0.25, -0.2) is 0 Å². The van der Waals surface area contributed by atoms with Gasteiger partial charge in [0, 0.05) is 38.4 Å². The minimum atomic E-state index is 0.130. The number of amides is 1. The molecule has 1 aliphatic heterocycles. The van der Waals surface area contributed by atoms with Crippen LogP contribution >= 0.6 is 11.8 Å². The van der Waals surface area contributed by atoms with E-state index in [-0.39, 0.29) is 12.5 Å². The van der Waals surface area contributed by atoms with Gasteiger partial charge >= 0.3 is 0 Å². The maximum absolute atomic E-state index is 12.8. The fraction of sp³-hybridized carbons (Fsp3) is 0.375. The number of piperazine rings is 1. The van der Waals surface area contributed by atoms with E-state index in [1.54, 1.807) is 7.11 Å². The van der Waals surface area contributed by atoms with E-state index in [9.17, 15) is 4.79 Å². The minimum absolute atomic E-state index is 0.130. The molecule has 1 amide bonds. The van der Waals surface area contributed by atoms with Crippen LogP contribution < -0.4 is 14.4 Å². The third-order valence-corrected chi connectivity index (χ3v) is 6.57. The van der Waals surface area contributed by atoms with Gasteiger partial charge < -0.3 is 23.8 Å². The SMILES string of the molecule is CCn1c(COc2ccccc2OC)nnc1SCC(=O)N1CCN(c2ccccc2)CC1. The molecular formula is C24H29N5O3S.